The maximum atomic E-state index is 12.8. The molecule has 1 heterocycles. The lowest BCUT2D eigenvalue weighted by Gasteiger charge is -2.19. The van der Waals surface area contributed by atoms with Gasteiger partial charge in [0.2, 0.25) is 5.91 Å². The van der Waals surface area contributed by atoms with Crippen molar-refractivity contribution in [1.82, 2.24) is 15.3 Å². The number of carbonyl (C=O) groups is 3. The first kappa shape index (κ1) is 42.7. The zero-order chi connectivity index (χ0) is 40.5. The summed E-state index contributed by atoms with van der Waals surface area (Å²) < 4.78 is 5.88. The predicted molar refractivity (Wildman–Crippen MR) is 221 cm³/mol. The van der Waals surface area contributed by atoms with Crippen LogP contribution in [0.3, 0.4) is 0 Å². The quantitative estimate of drug-likeness (QED) is 0.0684. The van der Waals surface area contributed by atoms with Crippen LogP contribution in [0.25, 0.3) is 22.5 Å². The van der Waals surface area contributed by atoms with E-state index in [4.69, 9.17) is 20.7 Å². The van der Waals surface area contributed by atoms with Crippen molar-refractivity contribution in [2.45, 2.75) is 90.5 Å². The van der Waals surface area contributed by atoms with Crippen molar-refractivity contribution in [3.05, 3.63) is 132 Å². The molecule has 0 spiro atoms. The Morgan fingerprint density at radius 3 is 1.91 bits per heavy atom. The Labute approximate surface area is 330 Å². The highest BCUT2D eigenvalue weighted by Gasteiger charge is 2.21. The van der Waals surface area contributed by atoms with Gasteiger partial charge in [0.25, 0.3) is 5.91 Å². The normalized spacial score (nSPS) is 11.5. The van der Waals surface area contributed by atoms with Gasteiger partial charge in [-0.2, -0.15) is 0 Å². The van der Waals surface area contributed by atoms with E-state index < -0.39 is 17.9 Å². The third-order valence-electron chi connectivity index (χ3n) is 9.23. The number of nitrogens with zero attached hydrogens (tertiary/aromatic N) is 2. The van der Waals surface area contributed by atoms with E-state index in [2.05, 4.69) is 43.0 Å². The first-order valence-corrected chi connectivity index (χ1v) is 19.2. The average molecular weight is 759 g/mol. The summed E-state index contributed by atoms with van der Waals surface area (Å²) in [7, 11) is 0. The summed E-state index contributed by atoms with van der Waals surface area (Å²) in [5.74, 6) is -0.0531. The molecule has 0 aliphatic heterocycles. The van der Waals surface area contributed by atoms with Gasteiger partial charge in [-0.3, -0.25) is 14.4 Å². The molecule has 5 N–H and O–H groups in total. The minimum Gasteiger partial charge on any atom is -0.508 e. The number of ether oxygens (including phenoxy) is 1. The molecule has 1 aromatic heterocycles. The Bertz CT molecular complexity index is 1970. The van der Waals surface area contributed by atoms with Crippen molar-refractivity contribution in [2.24, 2.45) is 5.73 Å². The van der Waals surface area contributed by atoms with E-state index in [1.807, 2.05) is 73.1 Å². The summed E-state index contributed by atoms with van der Waals surface area (Å²) in [5.41, 5.74) is 11.8. The standard InChI is InChI=1S/C37H44N4O3.C9H10O3/c1-5-6-7-8-9-22-44-32-20-16-27(17-21-32)30-24-39-35(40-25-30)28-12-10-26(11-13-28)23-33(34(38)42)41-36(43)29-14-18-31(19-15-29)37(2,3)4;10-8-4-1-7(2-5-8)3-6-9(11)12/h10-21,24-25,33H,5-9,22-23H2,1-4H3,(H2,38,42)(H,41,43);1-2,4-5,10H,3,6H2,(H,11,12). The largest absolute Gasteiger partial charge is 0.508 e. The van der Waals surface area contributed by atoms with Gasteiger partial charge in [0.05, 0.1) is 6.61 Å². The minimum absolute atomic E-state index is 0.0152. The first-order chi connectivity index (χ1) is 26.8. The van der Waals surface area contributed by atoms with E-state index in [0.717, 1.165) is 52.2 Å². The first-order valence-electron chi connectivity index (χ1n) is 19.2. The highest BCUT2D eigenvalue weighted by atomic mass is 16.5. The molecule has 5 rings (SSSR count). The Morgan fingerprint density at radius 2 is 1.34 bits per heavy atom. The second-order valence-corrected chi connectivity index (χ2v) is 14.8. The number of phenolic OH excluding ortho intramolecular Hbond substituents is 1. The molecule has 10 heteroatoms. The lowest BCUT2D eigenvalue weighted by Crippen LogP contribution is -2.45. The number of hydrogen-bond acceptors (Lipinski definition) is 7. The van der Waals surface area contributed by atoms with Crippen LogP contribution in [-0.2, 0) is 27.8 Å². The van der Waals surface area contributed by atoms with Gasteiger partial charge in [-0.1, -0.05) is 114 Å². The monoisotopic (exact) mass is 758 g/mol. The van der Waals surface area contributed by atoms with E-state index in [0.29, 0.717) is 17.8 Å². The fourth-order valence-corrected chi connectivity index (χ4v) is 5.79. The van der Waals surface area contributed by atoms with Gasteiger partial charge in [0, 0.05) is 41.9 Å². The van der Waals surface area contributed by atoms with Gasteiger partial charge in [-0.25, -0.2) is 9.97 Å². The van der Waals surface area contributed by atoms with Gasteiger partial charge in [-0.15, -0.1) is 0 Å². The molecule has 0 fully saturated rings. The maximum Gasteiger partial charge on any atom is 0.303 e. The number of carboxylic acid groups (broad SMARTS) is 1. The van der Waals surface area contributed by atoms with Crippen molar-refractivity contribution < 1.29 is 29.3 Å². The number of hydrogen-bond donors (Lipinski definition) is 4. The molecule has 2 amide bonds. The molecule has 0 saturated heterocycles. The van der Waals surface area contributed by atoms with E-state index in [9.17, 15) is 14.4 Å². The second kappa shape index (κ2) is 21.2. The molecular weight excluding hydrogens is 705 g/mol. The molecule has 0 aliphatic carbocycles. The Hall–Kier alpha value is -6.03. The van der Waals surface area contributed by atoms with Gasteiger partial charge in [0.1, 0.15) is 17.5 Å². The zero-order valence-corrected chi connectivity index (χ0v) is 32.8. The molecule has 1 unspecified atom stereocenters. The molecule has 10 nitrogen and oxygen atoms in total. The number of aryl methyl sites for hydroxylation is 1. The van der Waals surface area contributed by atoms with Crippen LogP contribution < -0.4 is 15.8 Å². The van der Waals surface area contributed by atoms with Gasteiger partial charge < -0.3 is 26.0 Å². The number of carboxylic acids is 1. The SMILES string of the molecule is CCCCCCCOc1ccc(-c2cnc(-c3ccc(CC(NC(=O)c4ccc(C(C)(C)C)cc4)C(N)=O)cc3)nc2)cc1.O=C(O)CCc1ccc(O)cc1. The van der Waals surface area contributed by atoms with Crippen LogP contribution in [0.15, 0.2) is 109 Å². The molecule has 0 radical (unpaired) electrons. The lowest BCUT2D eigenvalue weighted by molar-refractivity contribution is -0.137. The zero-order valence-electron chi connectivity index (χ0n) is 32.8. The summed E-state index contributed by atoms with van der Waals surface area (Å²) in [6.07, 6.45) is 10.6. The Morgan fingerprint density at radius 1 is 0.750 bits per heavy atom. The smallest absolute Gasteiger partial charge is 0.303 e. The van der Waals surface area contributed by atoms with Gasteiger partial charge in [0.15, 0.2) is 5.82 Å². The average Bonchev–Trinajstić information content (AvgIpc) is 3.19. The number of primary amides is 1. The third-order valence-corrected chi connectivity index (χ3v) is 9.23. The molecule has 5 aromatic rings. The number of unbranched alkanes of at least 4 members (excludes halogenated alkanes) is 4. The molecule has 1 atom stereocenters. The number of aliphatic carboxylic acids is 1. The van der Waals surface area contributed by atoms with Crippen LogP contribution >= 0.6 is 0 Å². The Balaban J connectivity index is 0.000000494. The number of benzene rings is 4. The van der Waals surface area contributed by atoms with E-state index in [1.165, 1.54) is 25.7 Å². The lowest BCUT2D eigenvalue weighted by atomic mass is 9.86. The summed E-state index contributed by atoms with van der Waals surface area (Å²) in [5, 5.41) is 20.1. The number of nitrogens with two attached hydrogens (primary N) is 1. The second-order valence-electron chi connectivity index (χ2n) is 14.8. The van der Waals surface area contributed by atoms with E-state index >= 15 is 0 Å². The van der Waals surface area contributed by atoms with Crippen LogP contribution in [-0.4, -0.2) is 50.6 Å². The van der Waals surface area contributed by atoms with Crippen molar-refractivity contribution in [3.63, 3.8) is 0 Å². The maximum absolute atomic E-state index is 12.8. The van der Waals surface area contributed by atoms with Crippen LogP contribution in [0.2, 0.25) is 0 Å². The predicted octanol–water partition coefficient (Wildman–Crippen LogP) is 8.69. The molecule has 0 aliphatic rings. The summed E-state index contributed by atoms with van der Waals surface area (Å²) in [6.45, 7) is 9.31. The topological polar surface area (TPSA) is 165 Å². The van der Waals surface area contributed by atoms with Crippen molar-refractivity contribution in [3.8, 4) is 34.0 Å². The van der Waals surface area contributed by atoms with Crippen LogP contribution in [0.5, 0.6) is 11.5 Å². The van der Waals surface area contributed by atoms with Gasteiger partial charge in [-0.05, 0) is 76.9 Å². The number of aromatic nitrogens is 2. The highest BCUT2D eigenvalue weighted by Crippen LogP contribution is 2.25. The summed E-state index contributed by atoms with van der Waals surface area (Å²) in [6, 6.07) is 28.7. The van der Waals surface area contributed by atoms with E-state index in [-0.39, 0.29) is 29.9 Å². The summed E-state index contributed by atoms with van der Waals surface area (Å²) in [4.78, 5) is 44.4. The van der Waals surface area contributed by atoms with Crippen LogP contribution in [0.4, 0.5) is 0 Å². The minimum atomic E-state index is -0.839. The fraction of sp³-hybridized carbons (Fsp3) is 0.326. The number of aromatic hydroxyl groups is 1. The summed E-state index contributed by atoms with van der Waals surface area (Å²) >= 11 is 0. The molecule has 0 saturated carbocycles. The van der Waals surface area contributed by atoms with E-state index in [1.54, 1.807) is 36.4 Å². The number of amides is 2. The number of nitrogens with one attached hydrogen (secondary N) is 1. The van der Waals surface area contributed by atoms with Crippen molar-refractivity contribution >= 4 is 17.8 Å². The molecular formula is C46H54N4O6. The van der Waals surface area contributed by atoms with Crippen molar-refractivity contribution in [2.75, 3.05) is 6.61 Å². The van der Waals surface area contributed by atoms with Crippen molar-refractivity contribution in [1.29, 1.82) is 0 Å². The molecule has 56 heavy (non-hydrogen) atoms. The van der Waals surface area contributed by atoms with Crippen LogP contribution in [0.1, 0.15) is 93.3 Å². The number of rotatable bonds is 17. The fourth-order valence-electron chi connectivity index (χ4n) is 5.79. The van der Waals surface area contributed by atoms with Gasteiger partial charge >= 0.3 is 5.97 Å². The molecule has 294 valence electrons. The third kappa shape index (κ3) is 14.0. The Kier molecular flexibility index (Phi) is 16.1. The van der Waals surface area contributed by atoms with Crippen LogP contribution in [0, 0.1) is 0 Å². The number of phenols is 1. The molecule has 4 aromatic carbocycles. The number of carbonyl (C=O) groups excluding carboxylic acids is 2. The molecule has 0 bridgehead atoms. The highest BCUT2D eigenvalue weighted by molar-refractivity contribution is 5.97.